The van der Waals surface area contributed by atoms with Crippen molar-refractivity contribution in [3.8, 4) is 5.75 Å². The van der Waals surface area contributed by atoms with Gasteiger partial charge in [-0.2, -0.15) is 0 Å². The van der Waals surface area contributed by atoms with Crippen LogP contribution in [-0.4, -0.2) is 10.9 Å². The number of rotatable bonds is 2. The molecular weight excluding hydrogens is 176 g/mol. The Labute approximate surface area is 75.1 Å². The zero-order valence-corrected chi connectivity index (χ0v) is 7.01. The van der Waals surface area contributed by atoms with Crippen LogP contribution in [0.4, 0.5) is 0 Å². The van der Waals surface area contributed by atoms with Crippen LogP contribution in [0.2, 0.25) is 5.02 Å². The van der Waals surface area contributed by atoms with E-state index in [1.54, 1.807) is 6.07 Å². The molecule has 0 aromatic heterocycles. The summed E-state index contributed by atoms with van der Waals surface area (Å²) in [4.78, 5) is 11.0. The SMILES string of the molecule is C=CC(=O)c1cccc(Cl)c1O. The van der Waals surface area contributed by atoms with Crippen molar-refractivity contribution in [1.82, 2.24) is 0 Å². The van der Waals surface area contributed by atoms with Crippen molar-refractivity contribution in [3.63, 3.8) is 0 Å². The lowest BCUT2D eigenvalue weighted by atomic mass is 10.1. The number of allylic oxidation sites excluding steroid dienone is 1. The van der Waals surface area contributed by atoms with Gasteiger partial charge in [0.05, 0.1) is 10.6 Å². The second kappa shape index (κ2) is 3.41. The van der Waals surface area contributed by atoms with Gasteiger partial charge in [-0.15, -0.1) is 0 Å². The predicted octanol–water partition coefficient (Wildman–Crippen LogP) is 2.41. The summed E-state index contributed by atoms with van der Waals surface area (Å²) in [5.74, 6) is -0.529. The fourth-order valence-corrected chi connectivity index (χ4v) is 0.999. The first-order valence-electron chi connectivity index (χ1n) is 3.31. The molecule has 0 aliphatic heterocycles. The Hall–Kier alpha value is -1.28. The van der Waals surface area contributed by atoms with E-state index in [9.17, 15) is 9.90 Å². The average Bonchev–Trinajstić information content (AvgIpc) is 2.08. The number of ketones is 1. The van der Waals surface area contributed by atoms with E-state index < -0.39 is 0 Å². The number of aromatic hydroxyl groups is 1. The summed E-state index contributed by atoms with van der Waals surface area (Å²) in [6, 6.07) is 4.60. The average molecular weight is 183 g/mol. The van der Waals surface area contributed by atoms with Gasteiger partial charge in [-0.05, 0) is 18.2 Å². The van der Waals surface area contributed by atoms with Gasteiger partial charge in [0.1, 0.15) is 5.75 Å². The lowest BCUT2D eigenvalue weighted by Gasteiger charge is -2.00. The van der Waals surface area contributed by atoms with Crippen LogP contribution in [0.25, 0.3) is 0 Å². The molecule has 1 N–H and O–H groups in total. The number of halogens is 1. The first-order valence-corrected chi connectivity index (χ1v) is 3.69. The molecule has 0 aliphatic rings. The van der Waals surface area contributed by atoms with Gasteiger partial charge in [0.15, 0.2) is 5.78 Å². The molecule has 0 bridgehead atoms. The molecule has 0 unspecified atom stereocenters. The van der Waals surface area contributed by atoms with Gasteiger partial charge in [0, 0.05) is 0 Å². The maximum absolute atomic E-state index is 11.0. The largest absolute Gasteiger partial charge is 0.506 e. The Balaban J connectivity index is 3.25. The Morgan fingerprint density at radius 1 is 1.58 bits per heavy atom. The van der Waals surface area contributed by atoms with Gasteiger partial charge in [-0.1, -0.05) is 24.2 Å². The summed E-state index contributed by atoms with van der Waals surface area (Å²) in [6.45, 7) is 3.30. The van der Waals surface area contributed by atoms with Gasteiger partial charge in [-0.3, -0.25) is 4.79 Å². The van der Waals surface area contributed by atoms with Gasteiger partial charge >= 0.3 is 0 Å². The maximum Gasteiger partial charge on any atom is 0.189 e. The molecule has 0 atom stereocenters. The monoisotopic (exact) mass is 182 g/mol. The van der Waals surface area contributed by atoms with Crippen LogP contribution < -0.4 is 0 Å². The van der Waals surface area contributed by atoms with Crippen LogP contribution in [0, 0.1) is 0 Å². The van der Waals surface area contributed by atoms with Crippen molar-refractivity contribution in [1.29, 1.82) is 0 Å². The number of hydrogen-bond acceptors (Lipinski definition) is 2. The Morgan fingerprint density at radius 2 is 2.25 bits per heavy atom. The summed E-state index contributed by atoms with van der Waals surface area (Å²) in [6.07, 6.45) is 1.13. The van der Waals surface area contributed by atoms with E-state index in [-0.39, 0.29) is 22.1 Å². The molecule has 0 radical (unpaired) electrons. The highest BCUT2D eigenvalue weighted by molar-refractivity contribution is 6.32. The minimum Gasteiger partial charge on any atom is -0.506 e. The van der Waals surface area contributed by atoms with Crippen LogP contribution in [0.5, 0.6) is 5.75 Å². The summed E-state index contributed by atoms with van der Waals surface area (Å²) < 4.78 is 0. The molecule has 0 saturated heterocycles. The third-order valence-electron chi connectivity index (χ3n) is 1.44. The molecule has 0 amide bonds. The molecular formula is C9H7ClO2. The molecule has 0 heterocycles. The fourth-order valence-electron chi connectivity index (χ4n) is 0.824. The Kier molecular flexibility index (Phi) is 2.51. The molecule has 0 fully saturated rings. The number of hydrogen-bond donors (Lipinski definition) is 1. The van der Waals surface area contributed by atoms with Gasteiger partial charge < -0.3 is 5.11 Å². The number of phenols is 1. The minimum absolute atomic E-state index is 0.169. The molecule has 0 aliphatic carbocycles. The third-order valence-corrected chi connectivity index (χ3v) is 1.74. The van der Waals surface area contributed by atoms with E-state index in [2.05, 4.69) is 6.58 Å². The van der Waals surface area contributed by atoms with E-state index in [4.69, 9.17) is 11.6 Å². The predicted molar refractivity (Wildman–Crippen MR) is 47.6 cm³/mol. The number of carbonyl (C=O) groups excluding carboxylic acids is 1. The number of para-hydroxylation sites is 1. The van der Waals surface area contributed by atoms with Crippen LogP contribution in [0.3, 0.4) is 0 Å². The van der Waals surface area contributed by atoms with E-state index >= 15 is 0 Å². The Bertz CT molecular complexity index is 331. The Morgan fingerprint density at radius 3 is 2.83 bits per heavy atom. The standard InChI is InChI=1S/C9H7ClO2/c1-2-8(11)6-4-3-5-7(10)9(6)12/h2-5,12H,1H2. The van der Waals surface area contributed by atoms with Crippen molar-refractivity contribution in [2.45, 2.75) is 0 Å². The van der Waals surface area contributed by atoms with E-state index in [0.29, 0.717) is 0 Å². The number of phenolic OH excluding ortho intramolecular Hbond substituents is 1. The van der Waals surface area contributed by atoms with Crippen LogP contribution in [0.15, 0.2) is 30.9 Å². The van der Waals surface area contributed by atoms with E-state index in [0.717, 1.165) is 6.08 Å². The van der Waals surface area contributed by atoms with Crippen molar-refractivity contribution >= 4 is 17.4 Å². The molecule has 3 heteroatoms. The third kappa shape index (κ3) is 1.48. The molecule has 0 spiro atoms. The summed E-state index contributed by atoms with van der Waals surface area (Å²) in [5.41, 5.74) is 0.178. The molecule has 1 rings (SSSR count). The summed E-state index contributed by atoms with van der Waals surface area (Å²) in [5, 5.41) is 9.47. The maximum atomic E-state index is 11.0. The second-order valence-corrected chi connectivity index (χ2v) is 2.61. The van der Waals surface area contributed by atoms with Crippen molar-refractivity contribution in [3.05, 3.63) is 41.4 Å². The fraction of sp³-hybridized carbons (Fsp3) is 0. The molecule has 1 aromatic carbocycles. The van der Waals surface area contributed by atoms with E-state index in [1.165, 1.54) is 12.1 Å². The van der Waals surface area contributed by atoms with Crippen LogP contribution in [-0.2, 0) is 0 Å². The summed E-state index contributed by atoms with van der Waals surface area (Å²) in [7, 11) is 0. The first-order chi connectivity index (χ1) is 5.66. The topological polar surface area (TPSA) is 37.3 Å². The van der Waals surface area contributed by atoms with Crippen molar-refractivity contribution < 1.29 is 9.90 Å². The van der Waals surface area contributed by atoms with Gasteiger partial charge in [0.2, 0.25) is 0 Å². The van der Waals surface area contributed by atoms with Gasteiger partial charge in [-0.25, -0.2) is 0 Å². The van der Waals surface area contributed by atoms with Crippen molar-refractivity contribution in [2.24, 2.45) is 0 Å². The highest BCUT2D eigenvalue weighted by Gasteiger charge is 2.09. The lowest BCUT2D eigenvalue weighted by molar-refractivity contribution is 0.104. The zero-order valence-electron chi connectivity index (χ0n) is 6.25. The minimum atomic E-state index is -0.338. The first kappa shape index (κ1) is 8.81. The second-order valence-electron chi connectivity index (χ2n) is 2.20. The highest BCUT2D eigenvalue weighted by atomic mass is 35.5. The molecule has 12 heavy (non-hydrogen) atoms. The quantitative estimate of drug-likeness (QED) is 0.564. The van der Waals surface area contributed by atoms with Crippen LogP contribution >= 0.6 is 11.6 Å². The number of benzene rings is 1. The van der Waals surface area contributed by atoms with Crippen LogP contribution in [0.1, 0.15) is 10.4 Å². The summed E-state index contributed by atoms with van der Waals surface area (Å²) >= 11 is 5.58. The normalized spacial score (nSPS) is 9.42. The number of carbonyl (C=O) groups is 1. The van der Waals surface area contributed by atoms with Gasteiger partial charge in [0.25, 0.3) is 0 Å². The molecule has 1 aromatic rings. The molecule has 62 valence electrons. The smallest absolute Gasteiger partial charge is 0.189 e. The molecule has 0 saturated carbocycles. The zero-order chi connectivity index (χ0) is 9.14. The molecule has 2 nitrogen and oxygen atoms in total. The van der Waals surface area contributed by atoms with E-state index in [1.807, 2.05) is 0 Å². The lowest BCUT2D eigenvalue weighted by Crippen LogP contribution is -1.93. The highest BCUT2D eigenvalue weighted by Crippen LogP contribution is 2.27. The van der Waals surface area contributed by atoms with Crippen molar-refractivity contribution in [2.75, 3.05) is 0 Å².